The Hall–Kier alpha value is -2.44. The van der Waals surface area contributed by atoms with E-state index in [4.69, 9.17) is 5.84 Å². The molecule has 0 aliphatic rings. The Morgan fingerprint density at radius 1 is 1.11 bits per heavy atom. The Balaban J connectivity index is 2.50. The molecule has 7 heteroatoms. The van der Waals surface area contributed by atoms with Crippen molar-refractivity contribution in [1.82, 2.24) is 4.98 Å². The van der Waals surface area contributed by atoms with E-state index in [9.17, 15) is 18.1 Å². The first-order chi connectivity index (χ1) is 8.89. The van der Waals surface area contributed by atoms with Crippen LogP contribution in [0.3, 0.4) is 0 Å². The molecule has 2 N–H and O–H groups in total. The van der Waals surface area contributed by atoms with Gasteiger partial charge in [-0.1, -0.05) is 18.2 Å². The monoisotopic (exact) mass is 268 g/mol. The Bertz CT molecular complexity index is 608. The number of pyridine rings is 1. The zero-order chi connectivity index (χ0) is 14.0. The van der Waals surface area contributed by atoms with E-state index in [-0.39, 0.29) is 21.8 Å². The van der Waals surface area contributed by atoms with Crippen LogP contribution in [0.25, 0.3) is 11.3 Å². The second-order valence-electron chi connectivity index (χ2n) is 3.77. The minimum atomic E-state index is -4.46. The van der Waals surface area contributed by atoms with Gasteiger partial charge < -0.3 is 0 Å². The van der Waals surface area contributed by atoms with Gasteiger partial charge in [0.25, 0.3) is 0 Å². The molecule has 0 spiro atoms. The summed E-state index contributed by atoms with van der Waals surface area (Å²) < 4.78 is 38.5. The number of halogens is 3. The molecule has 1 aromatic carbocycles. The molecule has 1 aromatic heterocycles. The van der Waals surface area contributed by atoms with Crippen molar-refractivity contribution >= 4 is 5.69 Å². The number of nitrogens with two attached hydrogens (primary N) is 1. The van der Waals surface area contributed by atoms with Crippen molar-refractivity contribution < 1.29 is 18.0 Å². The first-order valence-electron chi connectivity index (χ1n) is 5.24. The number of alkyl halides is 3. The van der Waals surface area contributed by atoms with E-state index in [0.29, 0.717) is 0 Å². The van der Waals surface area contributed by atoms with E-state index in [2.05, 4.69) is 4.98 Å². The number of rotatable bonds is 2. The zero-order valence-corrected chi connectivity index (χ0v) is 9.56. The Kier molecular flexibility index (Phi) is 3.20. The van der Waals surface area contributed by atoms with Gasteiger partial charge in [0.15, 0.2) is 4.87 Å². The third-order valence-electron chi connectivity index (χ3n) is 2.51. The van der Waals surface area contributed by atoms with E-state index in [1.807, 2.05) is 0 Å². The fourth-order valence-corrected chi connectivity index (χ4v) is 1.63. The fourth-order valence-electron chi connectivity index (χ4n) is 1.63. The molecular weight excluding hydrogens is 259 g/mol. The summed E-state index contributed by atoms with van der Waals surface area (Å²) in [5.41, 5.74) is -0.634. The predicted octanol–water partition coefficient (Wildman–Crippen LogP) is 3.05. The molecular formula is C12H9F3N3O+. The Morgan fingerprint density at radius 3 is 2.32 bits per heavy atom. The summed E-state index contributed by atoms with van der Waals surface area (Å²) in [5, 5.41) is 0. The largest absolute Gasteiger partial charge is 0.417 e. The van der Waals surface area contributed by atoms with Crippen LogP contribution in [0.1, 0.15) is 5.56 Å². The molecule has 0 fully saturated rings. The summed E-state index contributed by atoms with van der Waals surface area (Å²) in [6.45, 7) is 0. The van der Waals surface area contributed by atoms with Crippen molar-refractivity contribution in [2.45, 2.75) is 6.18 Å². The lowest BCUT2D eigenvalue weighted by Gasteiger charge is -2.11. The van der Waals surface area contributed by atoms with Gasteiger partial charge in [-0.15, -0.1) is 0 Å². The summed E-state index contributed by atoms with van der Waals surface area (Å²) in [5.74, 6) is 4.96. The summed E-state index contributed by atoms with van der Waals surface area (Å²) in [6, 6.07) is 7.72. The SMILES string of the molecule is N[N+](=O)c1ccc(-c2ccccc2C(F)(F)F)nc1. The van der Waals surface area contributed by atoms with Crippen LogP contribution in [0, 0.1) is 4.91 Å². The molecule has 4 nitrogen and oxygen atoms in total. The maximum Gasteiger partial charge on any atom is 0.417 e. The number of nitrogens with zero attached hydrogens (tertiary/aromatic N) is 2. The molecule has 0 unspecified atom stereocenters. The molecule has 0 bridgehead atoms. The highest BCUT2D eigenvalue weighted by Gasteiger charge is 2.33. The van der Waals surface area contributed by atoms with Gasteiger partial charge in [0.2, 0.25) is 0 Å². The van der Waals surface area contributed by atoms with Gasteiger partial charge in [-0.25, -0.2) is 4.98 Å². The molecule has 19 heavy (non-hydrogen) atoms. The van der Waals surface area contributed by atoms with E-state index in [1.54, 1.807) is 0 Å². The molecule has 0 aliphatic heterocycles. The number of hydrogen-bond acceptors (Lipinski definition) is 2. The Labute approximate surface area is 106 Å². The van der Waals surface area contributed by atoms with Crippen LogP contribution in [0.4, 0.5) is 18.9 Å². The topological polar surface area (TPSA) is 59.0 Å². The number of hydrazine groups is 1. The molecule has 0 saturated carbocycles. The van der Waals surface area contributed by atoms with Gasteiger partial charge in [0.1, 0.15) is 6.20 Å². The second kappa shape index (κ2) is 4.68. The van der Waals surface area contributed by atoms with Crippen LogP contribution in [0.2, 0.25) is 0 Å². The van der Waals surface area contributed by atoms with Gasteiger partial charge in [0, 0.05) is 11.6 Å². The third kappa shape index (κ3) is 2.70. The van der Waals surface area contributed by atoms with Crippen molar-refractivity contribution in [3.05, 3.63) is 53.1 Å². The van der Waals surface area contributed by atoms with E-state index >= 15 is 0 Å². The molecule has 98 valence electrons. The zero-order valence-electron chi connectivity index (χ0n) is 9.56. The maximum absolute atomic E-state index is 12.8. The lowest BCUT2D eigenvalue weighted by atomic mass is 10.0. The quantitative estimate of drug-likeness (QED) is 0.517. The maximum atomic E-state index is 12.8. The fraction of sp³-hybridized carbons (Fsp3) is 0.0833. The lowest BCUT2D eigenvalue weighted by Crippen LogP contribution is -2.09. The van der Waals surface area contributed by atoms with Crippen molar-refractivity contribution in [3.8, 4) is 11.3 Å². The molecule has 1 heterocycles. The number of nitroso groups, excluding NO2 is 1. The van der Waals surface area contributed by atoms with Crippen molar-refractivity contribution in [2.24, 2.45) is 5.84 Å². The lowest BCUT2D eigenvalue weighted by molar-refractivity contribution is -0.475. The van der Waals surface area contributed by atoms with Crippen LogP contribution in [-0.4, -0.2) is 9.85 Å². The predicted molar refractivity (Wildman–Crippen MR) is 62.1 cm³/mol. The minimum absolute atomic E-state index is 0.0454. The Morgan fingerprint density at radius 2 is 1.79 bits per heavy atom. The second-order valence-corrected chi connectivity index (χ2v) is 3.77. The molecule has 0 saturated heterocycles. The highest BCUT2D eigenvalue weighted by Crippen LogP contribution is 2.36. The smallest absolute Gasteiger partial charge is 0.249 e. The number of benzene rings is 1. The third-order valence-corrected chi connectivity index (χ3v) is 2.51. The summed E-state index contributed by atoms with van der Waals surface area (Å²) in [6.07, 6.45) is -3.34. The first-order valence-corrected chi connectivity index (χ1v) is 5.24. The van der Waals surface area contributed by atoms with Crippen LogP contribution in [0.15, 0.2) is 42.6 Å². The normalized spacial score (nSPS) is 11.3. The standard InChI is InChI=1S/C12H9F3N3O/c13-12(14,15)10-4-2-1-3-9(10)11-6-5-8(7-17-11)18(16)19/h1-7H,(H2,16,19)/q+1. The molecule has 0 amide bonds. The first kappa shape index (κ1) is 13.0. The van der Waals surface area contributed by atoms with Gasteiger partial charge in [-0.3, -0.25) is 0 Å². The van der Waals surface area contributed by atoms with Crippen LogP contribution in [-0.2, 0) is 6.18 Å². The molecule has 2 aromatic rings. The van der Waals surface area contributed by atoms with Gasteiger partial charge >= 0.3 is 11.9 Å². The summed E-state index contributed by atoms with van der Waals surface area (Å²) >= 11 is 0. The minimum Gasteiger partial charge on any atom is -0.249 e. The van der Waals surface area contributed by atoms with Gasteiger partial charge in [-0.2, -0.15) is 19.0 Å². The molecule has 0 radical (unpaired) electrons. The van der Waals surface area contributed by atoms with Crippen molar-refractivity contribution in [2.75, 3.05) is 0 Å². The summed E-state index contributed by atoms with van der Waals surface area (Å²) in [4.78, 5) is 14.7. The van der Waals surface area contributed by atoms with Crippen molar-refractivity contribution in [1.29, 1.82) is 0 Å². The summed E-state index contributed by atoms with van der Waals surface area (Å²) in [7, 11) is 0. The highest BCUT2D eigenvalue weighted by molar-refractivity contribution is 5.65. The average Bonchev–Trinajstić information content (AvgIpc) is 2.38. The average molecular weight is 268 g/mol. The van der Waals surface area contributed by atoms with E-state index < -0.39 is 11.7 Å². The molecule has 0 aliphatic carbocycles. The number of aromatic nitrogens is 1. The molecule has 0 atom stereocenters. The van der Waals surface area contributed by atoms with Gasteiger partial charge in [0.05, 0.1) is 16.2 Å². The van der Waals surface area contributed by atoms with Crippen molar-refractivity contribution in [3.63, 3.8) is 0 Å². The van der Waals surface area contributed by atoms with Crippen LogP contribution >= 0.6 is 0 Å². The van der Waals surface area contributed by atoms with Crippen LogP contribution in [0.5, 0.6) is 0 Å². The molecule has 2 rings (SSSR count). The number of hydrogen-bond donors (Lipinski definition) is 1. The van der Waals surface area contributed by atoms with Gasteiger partial charge in [-0.05, 0) is 12.1 Å². The van der Waals surface area contributed by atoms with E-state index in [0.717, 1.165) is 12.3 Å². The van der Waals surface area contributed by atoms with Crippen LogP contribution < -0.4 is 5.84 Å². The highest BCUT2D eigenvalue weighted by atomic mass is 19.4. The van der Waals surface area contributed by atoms with E-state index in [1.165, 1.54) is 30.3 Å².